The quantitative estimate of drug-likeness (QED) is 0.598. The molecule has 4 rings (SSSR count). The van der Waals surface area contributed by atoms with Crippen LogP contribution in [0.2, 0.25) is 0 Å². The van der Waals surface area contributed by atoms with Gasteiger partial charge in [-0.05, 0) is 30.3 Å². The molecule has 1 heterocycles. The van der Waals surface area contributed by atoms with Gasteiger partial charge >= 0.3 is 0 Å². The van der Waals surface area contributed by atoms with Crippen LogP contribution in [0.3, 0.4) is 0 Å². The van der Waals surface area contributed by atoms with E-state index in [0.29, 0.717) is 30.2 Å². The predicted molar refractivity (Wildman–Crippen MR) is 107 cm³/mol. The Hall–Kier alpha value is -3.47. The van der Waals surface area contributed by atoms with E-state index < -0.39 is 0 Å². The van der Waals surface area contributed by atoms with Crippen molar-refractivity contribution in [3.8, 4) is 23.0 Å². The van der Waals surface area contributed by atoms with Crippen LogP contribution in [0.4, 0.5) is 5.69 Å². The van der Waals surface area contributed by atoms with Gasteiger partial charge in [0.15, 0.2) is 17.2 Å². The number of carbonyl (C=O) groups excluding carboxylic acids is 1. The highest BCUT2D eigenvalue weighted by atomic mass is 16.7. The third kappa shape index (κ3) is 3.64. The molecule has 0 saturated heterocycles. The van der Waals surface area contributed by atoms with Crippen molar-refractivity contribution in [2.45, 2.75) is 19.9 Å². The molecule has 0 bridgehead atoms. The van der Waals surface area contributed by atoms with Gasteiger partial charge in [-0.2, -0.15) is 0 Å². The van der Waals surface area contributed by atoms with Crippen molar-refractivity contribution < 1.29 is 19.0 Å². The second-order valence-electron chi connectivity index (χ2n) is 6.37. The van der Waals surface area contributed by atoms with Gasteiger partial charge < -0.3 is 19.1 Å². The maximum Gasteiger partial charge on any atom is 0.231 e. The number of amides is 1. The summed E-state index contributed by atoms with van der Waals surface area (Å²) in [7, 11) is 0. The minimum absolute atomic E-state index is 0.000583. The first kappa shape index (κ1) is 17.9. The smallest absolute Gasteiger partial charge is 0.231 e. The molecule has 0 N–H and O–H groups in total. The molecule has 0 fully saturated rings. The van der Waals surface area contributed by atoms with Gasteiger partial charge in [0.2, 0.25) is 12.7 Å². The van der Waals surface area contributed by atoms with E-state index in [1.165, 1.54) is 0 Å². The van der Waals surface area contributed by atoms with E-state index in [4.69, 9.17) is 14.2 Å². The van der Waals surface area contributed by atoms with Crippen LogP contribution in [-0.4, -0.2) is 12.7 Å². The summed E-state index contributed by atoms with van der Waals surface area (Å²) in [5.41, 5.74) is 1.61. The van der Waals surface area contributed by atoms with Gasteiger partial charge in [0.1, 0.15) is 5.75 Å². The molecule has 5 nitrogen and oxygen atoms in total. The molecule has 0 radical (unpaired) electrons. The Kier molecular flexibility index (Phi) is 5.15. The fourth-order valence-electron chi connectivity index (χ4n) is 3.17. The van der Waals surface area contributed by atoms with Crippen molar-refractivity contribution in [2.75, 3.05) is 11.7 Å². The number of carbonyl (C=O) groups is 1. The Balaban J connectivity index is 1.69. The Morgan fingerprint density at radius 3 is 2.57 bits per heavy atom. The zero-order valence-corrected chi connectivity index (χ0v) is 15.6. The molecule has 0 saturated carbocycles. The van der Waals surface area contributed by atoms with E-state index in [2.05, 4.69) is 0 Å². The highest BCUT2D eigenvalue weighted by molar-refractivity contribution is 5.94. The molecule has 142 valence electrons. The molecule has 0 aromatic heterocycles. The lowest BCUT2D eigenvalue weighted by Crippen LogP contribution is -2.30. The summed E-state index contributed by atoms with van der Waals surface area (Å²) in [6.07, 6.45) is 0.381. The van der Waals surface area contributed by atoms with E-state index in [9.17, 15) is 4.79 Å². The Bertz CT molecular complexity index is 971. The van der Waals surface area contributed by atoms with E-state index in [1.807, 2.05) is 79.7 Å². The normalized spacial score (nSPS) is 11.9. The first-order chi connectivity index (χ1) is 13.8. The SMILES string of the molecule is CCC(=O)N(Cc1cccc2c1OCO2)c1ccccc1Oc1ccccc1. The van der Waals surface area contributed by atoms with Crippen LogP contribution in [0.5, 0.6) is 23.0 Å². The molecule has 5 heteroatoms. The molecule has 0 spiro atoms. The second-order valence-corrected chi connectivity index (χ2v) is 6.37. The fraction of sp³-hybridized carbons (Fsp3) is 0.174. The van der Waals surface area contributed by atoms with Crippen molar-refractivity contribution in [3.05, 3.63) is 78.4 Å². The zero-order valence-electron chi connectivity index (χ0n) is 15.6. The molecular weight excluding hydrogens is 354 g/mol. The minimum Gasteiger partial charge on any atom is -0.455 e. The van der Waals surface area contributed by atoms with Gasteiger partial charge in [-0.1, -0.05) is 49.4 Å². The highest BCUT2D eigenvalue weighted by Gasteiger charge is 2.23. The number of rotatable bonds is 6. The largest absolute Gasteiger partial charge is 0.455 e. The lowest BCUT2D eigenvalue weighted by atomic mass is 10.1. The van der Waals surface area contributed by atoms with Crippen molar-refractivity contribution in [3.63, 3.8) is 0 Å². The molecule has 1 aliphatic heterocycles. The van der Waals surface area contributed by atoms with Crippen molar-refractivity contribution in [2.24, 2.45) is 0 Å². The molecule has 0 unspecified atom stereocenters. The minimum atomic E-state index is 0.000583. The number of fused-ring (bicyclic) bond motifs is 1. The predicted octanol–water partition coefficient (Wildman–Crippen LogP) is 5.15. The fourth-order valence-corrected chi connectivity index (χ4v) is 3.17. The number of ether oxygens (including phenoxy) is 3. The number of para-hydroxylation sites is 4. The van der Waals surface area contributed by atoms with Crippen molar-refractivity contribution in [1.29, 1.82) is 0 Å². The third-order valence-corrected chi connectivity index (χ3v) is 4.54. The van der Waals surface area contributed by atoms with Crippen LogP contribution in [0, 0.1) is 0 Å². The van der Waals surface area contributed by atoms with Crippen LogP contribution in [0.25, 0.3) is 0 Å². The first-order valence-electron chi connectivity index (χ1n) is 9.26. The molecule has 3 aromatic rings. The van der Waals surface area contributed by atoms with Crippen molar-refractivity contribution in [1.82, 2.24) is 0 Å². The Morgan fingerprint density at radius 2 is 1.75 bits per heavy atom. The van der Waals surface area contributed by atoms with Gasteiger partial charge in [-0.3, -0.25) is 4.79 Å². The van der Waals surface area contributed by atoms with Gasteiger partial charge in [-0.25, -0.2) is 0 Å². The van der Waals surface area contributed by atoms with Crippen LogP contribution in [0.15, 0.2) is 72.8 Å². The Labute approximate surface area is 164 Å². The maximum atomic E-state index is 12.8. The third-order valence-electron chi connectivity index (χ3n) is 4.54. The summed E-state index contributed by atoms with van der Waals surface area (Å²) < 4.78 is 17.1. The van der Waals surface area contributed by atoms with Gasteiger partial charge in [0.05, 0.1) is 12.2 Å². The maximum absolute atomic E-state index is 12.8. The number of hydrogen-bond donors (Lipinski definition) is 0. The first-order valence-corrected chi connectivity index (χ1v) is 9.26. The average Bonchev–Trinajstić information content (AvgIpc) is 3.22. The van der Waals surface area contributed by atoms with Gasteiger partial charge in [0, 0.05) is 12.0 Å². The van der Waals surface area contributed by atoms with Crippen LogP contribution < -0.4 is 19.1 Å². The van der Waals surface area contributed by atoms with E-state index in [-0.39, 0.29) is 12.7 Å². The second kappa shape index (κ2) is 8.05. The summed E-state index contributed by atoms with van der Waals surface area (Å²) in [6.45, 7) is 2.42. The lowest BCUT2D eigenvalue weighted by Gasteiger charge is -2.25. The molecule has 28 heavy (non-hydrogen) atoms. The number of anilines is 1. The summed E-state index contributed by atoms with van der Waals surface area (Å²) >= 11 is 0. The lowest BCUT2D eigenvalue weighted by molar-refractivity contribution is -0.118. The van der Waals surface area contributed by atoms with Gasteiger partial charge in [0.25, 0.3) is 0 Å². The monoisotopic (exact) mass is 375 g/mol. The van der Waals surface area contributed by atoms with Gasteiger partial charge in [-0.15, -0.1) is 0 Å². The van der Waals surface area contributed by atoms with Crippen LogP contribution in [-0.2, 0) is 11.3 Å². The van der Waals surface area contributed by atoms with E-state index in [1.54, 1.807) is 4.90 Å². The number of hydrogen-bond acceptors (Lipinski definition) is 4. The van der Waals surface area contributed by atoms with Crippen molar-refractivity contribution >= 4 is 11.6 Å². The number of nitrogens with zero attached hydrogens (tertiary/aromatic N) is 1. The standard InChI is InChI=1S/C23H21NO4/c1-2-22(25)24(15-17-9-8-14-21-23(17)27-16-26-21)19-12-6-7-13-20(19)28-18-10-4-3-5-11-18/h3-14H,2,15-16H2,1H3. The van der Waals surface area contributed by atoms with E-state index in [0.717, 1.165) is 17.0 Å². The number of benzene rings is 3. The average molecular weight is 375 g/mol. The zero-order chi connectivity index (χ0) is 19.3. The van der Waals surface area contributed by atoms with Crippen LogP contribution >= 0.6 is 0 Å². The highest BCUT2D eigenvalue weighted by Crippen LogP contribution is 2.38. The van der Waals surface area contributed by atoms with E-state index >= 15 is 0 Å². The molecule has 0 atom stereocenters. The summed E-state index contributed by atoms with van der Waals surface area (Å²) in [4.78, 5) is 14.6. The molecule has 3 aromatic carbocycles. The summed E-state index contributed by atoms with van der Waals surface area (Å²) in [6, 6.07) is 22.8. The molecule has 0 aliphatic carbocycles. The van der Waals surface area contributed by atoms with Crippen LogP contribution in [0.1, 0.15) is 18.9 Å². The summed E-state index contributed by atoms with van der Waals surface area (Å²) in [5.74, 6) is 2.74. The Morgan fingerprint density at radius 1 is 0.964 bits per heavy atom. The molecule has 1 aliphatic rings. The topological polar surface area (TPSA) is 48.0 Å². The summed E-state index contributed by atoms with van der Waals surface area (Å²) in [5, 5.41) is 0. The molecular formula is C23H21NO4. The molecule has 1 amide bonds.